The lowest BCUT2D eigenvalue weighted by Gasteiger charge is -2.11. The second-order valence-corrected chi connectivity index (χ2v) is 6.05. The largest absolute Gasteiger partial charge is 0.497 e. The van der Waals surface area contributed by atoms with Crippen LogP contribution in [-0.2, 0) is 0 Å². The van der Waals surface area contributed by atoms with Crippen LogP contribution in [0.3, 0.4) is 0 Å². The maximum absolute atomic E-state index is 6.04. The molecule has 4 aromatic rings. The third kappa shape index (κ3) is 3.88. The summed E-state index contributed by atoms with van der Waals surface area (Å²) >= 11 is 6.04. The number of halogens is 1. The van der Waals surface area contributed by atoms with E-state index in [-0.39, 0.29) is 0 Å². The second kappa shape index (κ2) is 7.43. The fourth-order valence-corrected chi connectivity index (χ4v) is 2.70. The van der Waals surface area contributed by atoms with Crippen molar-refractivity contribution in [1.29, 1.82) is 0 Å². The summed E-state index contributed by atoms with van der Waals surface area (Å²) in [5.74, 6) is 1.71. The number of rotatable bonds is 5. The Morgan fingerprint density at radius 3 is 2.48 bits per heavy atom. The molecule has 134 valence electrons. The number of methoxy groups -OCH3 is 1. The van der Waals surface area contributed by atoms with Gasteiger partial charge in [0.1, 0.15) is 5.75 Å². The average Bonchev–Trinajstić information content (AvgIpc) is 2.69. The Balaban J connectivity index is 1.71. The standard InChI is InChI=1S/C19H15ClN6O/c1-27-15-7-5-13(6-8-15)23-18-16-17(22-10-9-21-16)25-19(26-18)24-14-4-2-3-12(20)11-14/h2-11H,1H3,(H2,22,23,24,25,26). The highest BCUT2D eigenvalue weighted by Gasteiger charge is 2.11. The highest BCUT2D eigenvalue weighted by Crippen LogP contribution is 2.25. The van der Waals surface area contributed by atoms with Gasteiger partial charge in [0.15, 0.2) is 17.0 Å². The first-order valence-corrected chi connectivity index (χ1v) is 8.51. The fourth-order valence-electron chi connectivity index (χ4n) is 2.51. The van der Waals surface area contributed by atoms with E-state index in [1.165, 1.54) is 0 Å². The number of hydrogen-bond acceptors (Lipinski definition) is 7. The van der Waals surface area contributed by atoms with E-state index >= 15 is 0 Å². The van der Waals surface area contributed by atoms with Crippen LogP contribution in [-0.4, -0.2) is 27.0 Å². The van der Waals surface area contributed by atoms with E-state index in [1.807, 2.05) is 36.4 Å². The fraction of sp³-hybridized carbons (Fsp3) is 0.0526. The topological polar surface area (TPSA) is 84.9 Å². The predicted octanol–water partition coefficient (Wildman–Crippen LogP) is 4.57. The first-order chi connectivity index (χ1) is 13.2. The molecule has 2 aromatic heterocycles. The normalized spacial score (nSPS) is 10.6. The number of fused-ring (bicyclic) bond motifs is 1. The minimum absolute atomic E-state index is 0.390. The molecule has 2 heterocycles. The van der Waals surface area contributed by atoms with Gasteiger partial charge >= 0.3 is 0 Å². The van der Waals surface area contributed by atoms with Gasteiger partial charge in [0.25, 0.3) is 0 Å². The Morgan fingerprint density at radius 2 is 1.70 bits per heavy atom. The molecule has 0 saturated carbocycles. The zero-order chi connectivity index (χ0) is 18.6. The molecular formula is C19H15ClN6O. The van der Waals surface area contributed by atoms with Crippen LogP contribution in [0.25, 0.3) is 11.2 Å². The summed E-state index contributed by atoms with van der Waals surface area (Å²) in [6, 6.07) is 14.8. The van der Waals surface area contributed by atoms with Crippen molar-refractivity contribution in [2.24, 2.45) is 0 Å². The number of ether oxygens (including phenoxy) is 1. The minimum atomic E-state index is 0.390. The van der Waals surface area contributed by atoms with Crippen molar-refractivity contribution >= 4 is 45.9 Å². The van der Waals surface area contributed by atoms with Crippen LogP contribution in [0.15, 0.2) is 60.9 Å². The van der Waals surface area contributed by atoms with Gasteiger partial charge < -0.3 is 15.4 Å². The van der Waals surface area contributed by atoms with Gasteiger partial charge in [-0.2, -0.15) is 9.97 Å². The van der Waals surface area contributed by atoms with Crippen molar-refractivity contribution in [3.05, 3.63) is 65.9 Å². The first-order valence-electron chi connectivity index (χ1n) is 8.14. The molecule has 2 aromatic carbocycles. The van der Waals surface area contributed by atoms with Crippen LogP contribution >= 0.6 is 11.6 Å². The Labute approximate surface area is 160 Å². The van der Waals surface area contributed by atoms with Crippen molar-refractivity contribution in [1.82, 2.24) is 19.9 Å². The number of benzene rings is 2. The molecule has 0 aliphatic rings. The summed E-state index contributed by atoms with van der Waals surface area (Å²) in [5.41, 5.74) is 2.68. The van der Waals surface area contributed by atoms with E-state index in [4.69, 9.17) is 16.3 Å². The number of aromatic nitrogens is 4. The van der Waals surface area contributed by atoms with Gasteiger partial charge in [0.2, 0.25) is 5.95 Å². The number of nitrogens with zero attached hydrogens (tertiary/aromatic N) is 4. The molecular weight excluding hydrogens is 364 g/mol. The predicted molar refractivity (Wildman–Crippen MR) is 106 cm³/mol. The third-order valence-corrected chi connectivity index (χ3v) is 4.00. The molecule has 0 aliphatic heterocycles. The van der Waals surface area contributed by atoms with Gasteiger partial charge in [0, 0.05) is 28.8 Å². The molecule has 0 unspecified atom stereocenters. The molecule has 7 nitrogen and oxygen atoms in total. The zero-order valence-corrected chi connectivity index (χ0v) is 15.1. The lowest BCUT2D eigenvalue weighted by Crippen LogP contribution is -2.04. The molecule has 0 spiro atoms. The van der Waals surface area contributed by atoms with E-state index in [0.29, 0.717) is 28.0 Å². The lowest BCUT2D eigenvalue weighted by molar-refractivity contribution is 0.415. The van der Waals surface area contributed by atoms with E-state index in [0.717, 1.165) is 17.1 Å². The number of anilines is 4. The molecule has 0 fully saturated rings. The Hall–Kier alpha value is -3.45. The summed E-state index contributed by atoms with van der Waals surface area (Å²) in [6.45, 7) is 0. The summed E-state index contributed by atoms with van der Waals surface area (Å²) in [4.78, 5) is 17.6. The third-order valence-electron chi connectivity index (χ3n) is 3.77. The molecule has 4 rings (SSSR count). The Kier molecular flexibility index (Phi) is 4.67. The lowest BCUT2D eigenvalue weighted by atomic mass is 10.3. The summed E-state index contributed by atoms with van der Waals surface area (Å²) in [5, 5.41) is 7.03. The first kappa shape index (κ1) is 17.0. The molecule has 0 radical (unpaired) electrons. The smallest absolute Gasteiger partial charge is 0.231 e. The van der Waals surface area contributed by atoms with Crippen LogP contribution in [0.5, 0.6) is 5.75 Å². The van der Waals surface area contributed by atoms with Crippen LogP contribution < -0.4 is 15.4 Å². The quantitative estimate of drug-likeness (QED) is 0.526. The molecule has 8 heteroatoms. The monoisotopic (exact) mass is 378 g/mol. The molecule has 0 bridgehead atoms. The van der Waals surface area contributed by atoms with Crippen LogP contribution in [0.2, 0.25) is 5.02 Å². The Morgan fingerprint density at radius 1 is 0.889 bits per heavy atom. The van der Waals surface area contributed by atoms with Crippen molar-refractivity contribution in [2.75, 3.05) is 17.7 Å². The summed E-state index contributed by atoms with van der Waals surface area (Å²) < 4.78 is 5.19. The highest BCUT2D eigenvalue weighted by atomic mass is 35.5. The van der Waals surface area contributed by atoms with Gasteiger partial charge in [-0.25, -0.2) is 9.97 Å². The van der Waals surface area contributed by atoms with E-state index in [1.54, 1.807) is 31.6 Å². The van der Waals surface area contributed by atoms with Gasteiger partial charge in [-0.05, 0) is 42.5 Å². The number of hydrogen-bond donors (Lipinski definition) is 2. The van der Waals surface area contributed by atoms with Crippen molar-refractivity contribution in [3.8, 4) is 5.75 Å². The average molecular weight is 379 g/mol. The molecule has 0 atom stereocenters. The summed E-state index contributed by atoms with van der Waals surface area (Å²) in [7, 11) is 1.63. The van der Waals surface area contributed by atoms with E-state index in [2.05, 4.69) is 30.6 Å². The van der Waals surface area contributed by atoms with Gasteiger partial charge in [-0.15, -0.1) is 0 Å². The van der Waals surface area contributed by atoms with Gasteiger partial charge in [-0.1, -0.05) is 17.7 Å². The van der Waals surface area contributed by atoms with Crippen LogP contribution in [0, 0.1) is 0 Å². The second-order valence-electron chi connectivity index (χ2n) is 5.61. The van der Waals surface area contributed by atoms with Crippen LogP contribution in [0.1, 0.15) is 0 Å². The highest BCUT2D eigenvalue weighted by molar-refractivity contribution is 6.30. The summed E-state index contributed by atoms with van der Waals surface area (Å²) in [6.07, 6.45) is 3.20. The van der Waals surface area contributed by atoms with Gasteiger partial charge in [0.05, 0.1) is 7.11 Å². The molecule has 0 saturated heterocycles. The maximum Gasteiger partial charge on any atom is 0.231 e. The minimum Gasteiger partial charge on any atom is -0.497 e. The molecule has 0 aliphatic carbocycles. The molecule has 2 N–H and O–H groups in total. The van der Waals surface area contributed by atoms with E-state index in [9.17, 15) is 0 Å². The van der Waals surface area contributed by atoms with E-state index < -0.39 is 0 Å². The molecule has 27 heavy (non-hydrogen) atoms. The zero-order valence-electron chi connectivity index (χ0n) is 14.3. The van der Waals surface area contributed by atoms with Crippen LogP contribution in [0.4, 0.5) is 23.1 Å². The number of nitrogens with one attached hydrogen (secondary N) is 2. The Bertz CT molecular complexity index is 1090. The van der Waals surface area contributed by atoms with Crippen molar-refractivity contribution in [3.63, 3.8) is 0 Å². The SMILES string of the molecule is COc1ccc(Nc2nc(Nc3cccc(Cl)c3)nc3nccnc23)cc1. The molecule has 0 amide bonds. The maximum atomic E-state index is 6.04. The van der Waals surface area contributed by atoms with Crippen molar-refractivity contribution in [2.45, 2.75) is 0 Å². The van der Waals surface area contributed by atoms with Gasteiger partial charge in [-0.3, -0.25) is 0 Å². The van der Waals surface area contributed by atoms with Crippen molar-refractivity contribution < 1.29 is 4.74 Å².